The van der Waals surface area contributed by atoms with Crippen LogP contribution >= 0.6 is 0 Å². The van der Waals surface area contributed by atoms with Crippen molar-refractivity contribution in [1.82, 2.24) is 4.98 Å². The van der Waals surface area contributed by atoms with Crippen LogP contribution in [0.3, 0.4) is 0 Å². The van der Waals surface area contributed by atoms with Gasteiger partial charge in [0, 0.05) is 10.9 Å². The molecule has 0 aliphatic heterocycles. The minimum atomic E-state index is -0.433. The van der Waals surface area contributed by atoms with E-state index in [4.69, 9.17) is 0 Å². The largest absolute Gasteiger partial charge is 0.493 e. The van der Waals surface area contributed by atoms with Gasteiger partial charge in [-0.25, -0.2) is 0 Å². The summed E-state index contributed by atoms with van der Waals surface area (Å²) < 4.78 is 0. The molecule has 0 saturated heterocycles. The Morgan fingerprint density at radius 2 is 1.53 bits per heavy atom. The van der Waals surface area contributed by atoms with E-state index in [1.54, 1.807) is 24.3 Å². The molecule has 0 unspecified atom stereocenters. The second-order valence-electron chi connectivity index (χ2n) is 8.51. The van der Waals surface area contributed by atoms with E-state index < -0.39 is 5.91 Å². The van der Waals surface area contributed by atoms with Gasteiger partial charge >= 0.3 is 0 Å². The maximum absolute atomic E-state index is 12.2. The van der Waals surface area contributed by atoms with Crippen molar-refractivity contribution in [2.24, 2.45) is 10.2 Å². The molecular formula is C27H35N3O2. The summed E-state index contributed by atoms with van der Waals surface area (Å²) in [6, 6.07) is 14.9. The predicted octanol–water partition coefficient (Wildman–Crippen LogP) is 8.26. The van der Waals surface area contributed by atoms with E-state index in [0.29, 0.717) is 11.3 Å². The summed E-state index contributed by atoms with van der Waals surface area (Å²) in [7, 11) is 0. The standard InChI is InChI=1S/C27H35N3O2/c1-2-3-4-5-6-7-8-9-10-12-15-21-18-19-23-24(20-21)28-27(32)25(23)29-30-26(31)22-16-13-11-14-17-22/h11,13-14,16-20,28,32H,2-10,12,15H2,1H3. The molecule has 3 rings (SSSR count). The zero-order valence-corrected chi connectivity index (χ0v) is 19.1. The number of nitrogens with zero attached hydrogens (tertiary/aromatic N) is 2. The van der Waals surface area contributed by atoms with E-state index in [1.807, 2.05) is 12.1 Å². The van der Waals surface area contributed by atoms with Crippen LogP contribution in [0.5, 0.6) is 5.88 Å². The molecular weight excluding hydrogens is 398 g/mol. The van der Waals surface area contributed by atoms with Gasteiger partial charge in [-0.3, -0.25) is 4.79 Å². The molecule has 0 radical (unpaired) electrons. The number of rotatable bonds is 13. The number of azo groups is 1. The first kappa shape index (κ1) is 23.7. The maximum atomic E-state index is 12.2. The number of carbonyl (C=O) groups excluding carboxylic acids is 1. The Labute approximate surface area is 191 Å². The summed E-state index contributed by atoms with van der Waals surface area (Å²) in [5.74, 6) is -0.502. The van der Waals surface area contributed by atoms with Crippen molar-refractivity contribution in [3.63, 3.8) is 0 Å². The van der Waals surface area contributed by atoms with Crippen LogP contribution in [-0.4, -0.2) is 16.0 Å². The van der Waals surface area contributed by atoms with Gasteiger partial charge in [-0.05, 0) is 36.6 Å². The SMILES string of the molecule is CCCCCCCCCCCCc1ccc2c(N=NC(=O)c3ccccc3)c(O)[nH]c2c1. The molecule has 2 N–H and O–H groups in total. The fourth-order valence-electron chi connectivity index (χ4n) is 4.02. The Hall–Kier alpha value is -2.95. The van der Waals surface area contributed by atoms with Gasteiger partial charge in [0.15, 0.2) is 5.69 Å². The average molecular weight is 434 g/mol. The molecule has 32 heavy (non-hydrogen) atoms. The molecule has 2 aromatic carbocycles. The first-order valence-corrected chi connectivity index (χ1v) is 12.0. The van der Waals surface area contributed by atoms with Crippen molar-refractivity contribution in [3.05, 3.63) is 59.7 Å². The number of nitrogens with one attached hydrogen (secondary N) is 1. The Balaban J connectivity index is 1.47. The van der Waals surface area contributed by atoms with Crippen molar-refractivity contribution < 1.29 is 9.90 Å². The summed E-state index contributed by atoms with van der Waals surface area (Å²) in [6.45, 7) is 2.26. The number of aryl methyl sites for hydroxylation is 1. The highest BCUT2D eigenvalue weighted by Gasteiger charge is 2.12. The number of aromatic nitrogens is 1. The summed E-state index contributed by atoms with van der Waals surface area (Å²) in [5, 5.41) is 18.8. The number of amides is 1. The van der Waals surface area contributed by atoms with Gasteiger partial charge in [-0.1, -0.05) is 95.0 Å². The van der Waals surface area contributed by atoms with Gasteiger partial charge < -0.3 is 10.1 Å². The van der Waals surface area contributed by atoms with Crippen molar-refractivity contribution in [2.45, 2.75) is 77.6 Å². The van der Waals surface area contributed by atoms with Crippen molar-refractivity contribution in [1.29, 1.82) is 0 Å². The third-order valence-electron chi connectivity index (χ3n) is 5.90. The molecule has 0 fully saturated rings. The Morgan fingerprint density at radius 1 is 0.875 bits per heavy atom. The minimum absolute atomic E-state index is 0.0688. The topological polar surface area (TPSA) is 77.8 Å². The van der Waals surface area contributed by atoms with Gasteiger partial charge in [0.05, 0.1) is 5.52 Å². The third kappa shape index (κ3) is 7.04. The molecule has 5 nitrogen and oxygen atoms in total. The van der Waals surface area contributed by atoms with Crippen LogP contribution in [0.2, 0.25) is 0 Å². The monoisotopic (exact) mass is 433 g/mol. The second kappa shape index (κ2) is 12.8. The van der Waals surface area contributed by atoms with E-state index >= 15 is 0 Å². The number of fused-ring (bicyclic) bond motifs is 1. The Kier molecular flexibility index (Phi) is 9.48. The van der Waals surface area contributed by atoms with Gasteiger partial charge in [0.2, 0.25) is 5.88 Å². The number of hydrogen-bond acceptors (Lipinski definition) is 3. The van der Waals surface area contributed by atoms with Crippen LogP contribution in [0.4, 0.5) is 5.69 Å². The molecule has 170 valence electrons. The third-order valence-corrected chi connectivity index (χ3v) is 5.90. The number of benzene rings is 2. The van der Waals surface area contributed by atoms with E-state index in [1.165, 1.54) is 69.8 Å². The number of H-pyrrole nitrogens is 1. The fourth-order valence-corrected chi connectivity index (χ4v) is 4.02. The van der Waals surface area contributed by atoms with E-state index in [2.05, 4.69) is 34.3 Å². The van der Waals surface area contributed by atoms with Crippen LogP contribution in [0.1, 0.15) is 87.1 Å². The first-order valence-electron chi connectivity index (χ1n) is 12.0. The van der Waals surface area contributed by atoms with E-state index in [9.17, 15) is 9.90 Å². The molecule has 0 aliphatic rings. The molecule has 1 aromatic heterocycles. The molecule has 0 aliphatic carbocycles. The summed E-state index contributed by atoms with van der Waals surface area (Å²) in [6.07, 6.45) is 14.3. The highest BCUT2D eigenvalue weighted by Crippen LogP contribution is 2.36. The lowest BCUT2D eigenvalue weighted by Crippen LogP contribution is -1.91. The van der Waals surface area contributed by atoms with Crippen LogP contribution in [-0.2, 0) is 6.42 Å². The number of aromatic amines is 1. The lowest BCUT2D eigenvalue weighted by molar-refractivity contribution is 0.0995. The van der Waals surface area contributed by atoms with Gasteiger partial charge in [-0.15, -0.1) is 10.2 Å². The summed E-state index contributed by atoms with van der Waals surface area (Å²) >= 11 is 0. The van der Waals surface area contributed by atoms with Crippen LogP contribution in [0.15, 0.2) is 58.8 Å². The fraction of sp³-hybridized carbons (Fsp3) is 0.444. The molecule has 3 aromatic rings. The lowest BCUT2D eigenvalue weighted by atomic mass is 10.0. The first-order chi connectivity index (χ1) is 15.7. The van der Waals surface area contributed by atoms with Crippen molar-refractivity contribution in [3.8, 4) is 5.88 Å². The van der Waals surface area contributed by atoms with Crippen LogP contribution in [0.25, 0.3) is 10.9 Å². The number of aromatic hydroxyl groups is 1. The molecule has 0 spiro atoms. The second-order valence-corrected chi connectivity index (χ2v) is 8.51. The van der Waals surface area contributed by atoms with Crippen molar-refractivity contribution in [2.75, 3.05) is 0 Å². The maximum Gasteiger partial charge on any atom is 0.295 e. The molecule has 0 atom stereocenters. The highest BCUT2D eigenvalue weighted by molar-refractivity contribution is 5.97. The van der Waals surface area contributed by atoms with E-state index in [0.717, 1.165) is 17.3 Å². The molecule has 1 heterocycles. The van der Waals surface area contributed by atoms with Crippen LogP contribution < -0.4 is 0 Å². The Morgan fingerprint density at radius 3 is 2.22 bits per heavy atom. The van der Waals surface area contributed by atoms with Gasteiger partial charge in [-0.2, -0.15) is 0 Å². The Bertz CT molecular complexity index is 1010. The minimum Gasteiger partial charge on any atom is -0.493 e. The molecule has 0 bridgehead atoms. The quantitative estimate of drug-likeness (QED) is 0.210. The zero-order chi connectivity index (χ0) is 22.6. The number of unbranched alkanes of at least 4 members (excludes halogenated alkanes) is 9. The molecule has 5 heteroatoms. The predicted molar refractivity (Wildman–Crippen MR) is 131 cm³/mol. The lowest BCUT2D eigenvalue weighted by Gasteiger charge is -2.03. The normalized spacial score (nSPS) is 11.5. The number of carbonyl (C=O) groups is 1. The number of hydrogen-bond donors (Lipinski definition) is 2. The highest BCUT2D eigenvalue weighted by atomic mass is 16.3. The summed E-state index contributed by atoms with van der Waals surface area (Å²) in [4.78, 5) is 15.1. The van der Waals surface area contributed by atoms with Crippen molar-refractivity contribution >= 4 is 22.5 Å². The zero-order valence-electron chi connectivity index (χ0n) is 19.1. The van der Waals surface area contributed by atoms with E-state index in [-0.39, 0.29) is 5.88 Å². The molecule has 0 saturated carbocycles. The van der Waals surface area contributed by atoms with Gasteiger partial charge in [0.25, 0.3) is 5.91 Å². The molecule has 1 amide bonds. The smallest absolute Gasteiger partial charge is 0.295 e. The van der Waals surface area contributed by atoms with Gasteiger partial charge in [0.1, 0.15) is 0 Å². The average Bonchev–Trinajstić information content (AvgIpc) is 3.13. The van der Waals surface area contributed by atoms with Crippen LogP contribution in [0, 0.1) is 0 Å². The summed E-state index contributed by atoms with van der Waals surface area (Å²) in [5.41, 5.74) is 2.82.